The minimum absolute atomic E-state index is 0.394. The summed E-state index contributed by atoms with van der Waals surface area (Å²) in [6.07, 6.45) is 3.64. The number of unbranched alkanes of at least 4 members (excludes halogenated alkanes) is 2. The fourth-order valence-electron chi connectivity index (χ4n) is 1.18. The van der Waals surface area contributed by atoms with Crippen molar-refractivity contribution in [2.75, 3.05) is 0 Å². The number of hydrogen-bond acceptors (Lipinski definition) is 2. The van der Waals surface area contributed by atoms with E-state index in [0.717, 1.165) is 25.7 Å². The molecule has 0 aromatic carbocycles. The third-order valence-corrected chi connectivity index (χ3v) is 1.96. The van der Waals surface area contributed by atoms with Crippen LogP contribution in [0.15, 0.2) is 21.3 Å². The van der Waals surface area contributed by atoms with Crippen LogP contribution >= 0.6 is 0 Å². The third kappa shape index (κ3) is 5.09. The smallest absolute Gasteiger partial charge is 0.338 e. The van der Waals surface area contributed by atoms with Gasteiger partial charge in [0.25, 0.3) is 0 Å². The third-order valence-electron chi connectivity index (χ3n) is 1.96. The zero-order valence-corrected chi connectivity index (χ0v) is 10.3. The van der Waals surface area contributed by atoms with E-state index in [1.165, 1.54) is 6.07 Å². The van der Waals surface area contributed by atoms with Crippen molar-refractivity contribution in [3.63, 3.8) is 0 Å². The lowest BCUT2D eigenvalue weighted by molar-refractivity contribution is 0.498. The van der Waals surface area contributed by atoms with E-state index in [0.29, 0.717) is 11.3 Å². The normalized spacial score (nSPS) is 8.82. The first-order chi connectivity index (χ1) is 8.26. The molecule has 0 aliphatic heterocycles. The molecule has 0 fully saturated rings. The van der Waals surface area contributed by atoms with Crippen molar-refractivity contribution >= 4 is 0 Å². The number of rotatable bonds is 2. The first-order valence-electron chi connectivity index (χ1n) is 5.89. The molecule has 1 heterocycles. The van der Waals surface area contributed by atoms with Gasteiger partial charge in [-0.2, -0.15) is 0 Å². The molecule has 0 saturated heterocycles. The zero-order valence-electron chi connectivity index (χ0n) is 10.3. The van der Waals surface area contributed by atoms with Gasteiger partial charge < -0.3 is 4.42 Å². The second-order valence-corrected chi connectivity index (χ2v) is 3.63. The quantitative estimate of drug-likeness (QED) is 0.728. The predicted octanol–water partition coefficient (Wildman–Crippen LogP) is 2.94. The standard InChI is InChI=1S/C15H16O2/c1-3-5-7-9-13-11-14(10-8-6-4-2)17-15(16)12-13/h11-12H,3-6H2,1-2H3. The second kappa shape index (κ2) is 7.36. The Morgan fingerprint density at radius 3 is 2.35 bits per heavy atom. The Hall–Kier alpha value is -1.93. The van der Waals surface area contributed by atoms with Gasteiger partial charge in [0, 0.05) is 30.5 Å². The van der Waals surface area contributed by atoms with Crippen LogP contribution < -0.4 is 5.63 Å². The maximum atomic E-state index is 11.3. The minimum atomic E-state index is -0.394. The highest BCUT2D eigenvalue weighted by Gasteiger charge is 1.96. The van der Waals surface area contributed by atoms with E-state index < -0.39 is 5.63 Å². The first kappa shape index (κ1) is 13.1. The van der Waals surface area contributed by atoms with Gasteiger partial charge in [-0.3, -0.25) is 0 Å². The van der Waals surface area contributed by atoms with Gasteiger partial charge in [0.15, 0.2) is 5.76 Å². The second-order valence-electron chi connectivity index (χ2n) is 3.63. The van der Waals surface area contributed by atoms with E-state index in [1.54, 1.807) is 6.07 Å². The van der Waals surface area contributed by atoms with Crippen molar-refractivity contribution in [1.29, 1.82) is 0 Å². The summed E-state index contributed by atoms with van der Waals surface area (Å²) in [5.41, 5.74) is 0.282. The maximum Gasteiger partial charge on any atom is 0.338 e. The van der Waals surface area contributed by atoms with Gasteiger partial charge in [0.05, 0.1) is 0 Å². The van der Waals surface area contributed by atoms with Crippen molar-refractivity contribution in [2.45, 2.75) is 39.5 Å². The number of hydrogen-bond donors (Lipinski definition) is 0. The molecule has 0 aliphatic carbocycles. The Morgan fingerprint density at radius 2 is 1.71 bits per heavy atom. The van der Waals surface area contributed by atoms with Crippen LogP contribution in [0.25, 0.3) is 0 Å². The molecule has 17 heavy (non-hydrogen) atoms. The molecular formula is C15H16O2. The average molecular weight is 228 g/mol. The molecule has 0 atom stereocenters. The van der Waals surface area contributed by atoms with Crippen LogP contribution in [0.1, 0.15) is 50.9 Å². The van der Waals surface area contributed by atoms with Gasteiger partial charge in [0.2, 0.25) is 0 Å². The van der Waals surface area contributed by atoms with Gasteiger partial charge in [-0.05, 0) is 18.8 Å². The molecule has 0 radical (unpaired) electrons. The monoisotopic (exact) mass is 228 g/mol. The van der Waals surface area contributed by atoms with Crippen LogP contribution in [0.3, 0.4) is 0 Å². The minimum Gasteiger partial charge on any atom is -0.414 e. The molecule has 0 spiro atoms. The summed E-state index contributed by atoms with van der Waals surface area (Å²) in [5, 5.41) is 0. The average Bonchev–Trinajstić information content (AvgIpc) is 2.29. The van der Waals surface area contributed by atoms with E-state index in [4.69, 9.17) is 4.42 Å². The van der Waals surface area contributed by atoms with E-state index >= 15 is 0 Å². The molecule has 0 aliphatic rings. The molecule has 1 rings (SSSR count). The molecule has 88 valence electrons. The summed E-state index contributed by atoms with van der Waals surface area (Å²) in [5.74, 6) is 12.1. The molecule has 1 aromatic rings. The maximum absolute atomic E-state index is 11.3. The van der Waals surface area contributed by atoms with Gasteiger partial charge in [-0.15, -0.1) is 0 Å². The highest BCUT2D eigenvalue weighted by atomic mass is 16.4. The van der Waals surface area contributed by atoms with Gasteiger partial charge >= 0.3 is 5.63 Å². The Morgan fingerprint density at radius 1 is 1.06 bits per heavy atom. The zero-order chi connectivity index (χ0) is 12.5. The van der Waals surface area contributed by atoms with Crippen molar-refractivity contribution in [3.05, 3.63) is 33.9 Å². The van der Waals surface area contributed by atoms with Crippen molar-refractivity contribution < 1.29 is 4.42 Å². The highest BCUT2D eigenvalue weighted by molar-refractivity contribution is 5.37. The molecule has 2 heteroatoms. The van der Waals surface area contributed by atoms with Crippen LogP contribution in [0.5, 0.6) is 0 Å². The summed E-state index contributed by atoms with van der Waals surface area (Å²) in [6.45, 7) is 4.12. The molecule has 0 saturated carbocycles. The fourth-order valence-corrected chi connectivity index (χ4v) is 1.18. The lowest BCUT2D eigenvalue weighted by Crippen LogP contribution is -1.99. The summed E-state index contributed by atoms with van der Waals surface area (Å²) in [7, 11) is 0. The molecule has 0 unspecified atom stereocenters. The van der Waals surface area contributed by atoms with E-state index in [-0.39, 0.29) is 0 Å². The Labute approximate surface area is 102 Å². The molecule has 2 nitrogen and oxygen atoms in total. The Kier molecular flexibility index (Phi) is 5.69. The van der Waals surface area contributed by atoms with Crippen LogP contribution in [-0.2, 0) is 0 Å². The predicted molar refractivity (Wildman–Crippen MR) is 68.6 cm³/mol. The van der Waals surface area contributed by atoms with E-state index in [1.807, 2.05) is 0 Å². The van der Waals surface area contributed by atoms with E-state index in [9.17, 15) is 4.79 Å². The van der Waals surface area contributed by atoms with Crippen LogP contribution in [0.2, 0.25) is 0 Å². The molecule has 0 bridgehead atoms. The first-order valence-corrected chi connectivity index (χ1v) is 5.89. The largest absolute Gasteiger partial charge is 0.414 e. The highest BCUT2D eigenvalue weighted by Crippen LogP contribution is 1.99. The Bertz CT molecular complexity index is 485. The van der Waals surface area contributed by atoms with Crippen molar-refractivity contribution in [3.8, 4) is 23.7 Å². The lowest BCUT2D eigenvalue weighted by atomic mass is 10.2. The van der Waals surface area contributed by atoms with Gasteiger partial charge in [-0.1, -0.05) is 31.6 Å². The van der Waals surface area contributed by atoms with Crippen molar-refractivity contribution in [2.24, 2.45) is 0 Å². The summed E-state index contributed by atoms with van der Waals surface area (Å²) < 4.78 is 4.97. The molecule has 1 aromatic heterocycles. The van der Waals surface area contributed by atoms with Crippen LogP contribution in [0.4, 0.5) is 0 Å². The molecule has 0 amide bonds. The van der Waals surface area contributed by atoms with Crippen molar-refractivity contribution in [1.82, 2.24) is 0 Å². The van der Waals surface area contributed by atoms with E-state index in [2.05, 4.69) is 37.5 Å². The molecule has 0 N–H and O–H groups in total. The Balaban J connectivity index is 2.93. The summed E-state index contributed by atoms with van der Waals surface area (Å²) >= 11 is 0. The van der Waals surface area contributed by atoms with Crippen LogP contribution in [-0.4, -0.2) is 0 Å². The van der Waals surface area contributed by atoms with Crippen LogP contribution in [0, 0.1) is 23.7 Å². The topological polar surface area (TPSA) is 30.2 Å². The SMILES string of the molecule is CCCC#Cc1cc(C#CCCC)oc(=O)c1. The fraction of sp³-hybridized carbons (Fsp3) is 0.400. The summed E-state index contributed by atoms with van der Waals surface area (Å²) in [4.78, 5) is 11.3. The van der Waals surface area contributed by atoms with Gasteiger partial charge in [0.1, 0.15) is 0 Å². The summed E-state index contributed by atoms with van der Waals surface area (Å²) in [6, 6.07) is 3.11. The lowest BCUT2D eigenvalue weighted by Gasteiger charge is -1.91. The van der Waals surface area contributed by atoms with Gasteiger partial charge in [-0.25, -0.2) is 4.79 Å². The molecular weight excluding hydrogens is 212 g/mol.